The van der Waals surface area contributed by atoms with Gasteiger partial charge in [0, 0.05) is 7.11 Å². The maximum Gasteiger partial charge on any atom is 0.155 e. The molecule has 0 unspecified atom stereocenters. The molecular formula is C27H24O2. The van der Waals surface area contributed by atoms with E-state index in [1.54, 1.807) is 7.11 Å². The van der Waals surface area contributed by atoms with E-state index in [0.29, 0.717) is 0 Å². The average Bonchev–Trinajstić information content (AvgIpc) is 2.82. The summed E-state index contributed by atoms with van der Waals surface area (Å²) in [5.41, 5.74) is 0.667. The number of benzene rings is 4. The van der Waals surface area contributed by atoms with Crippen LogP contribution in [0.1, 0.15) is 22.3 Å². The third kappa shape index (κ3) is 3.07. The van der Waals surface area contributed by atoms with Crippen LogP contribution in [0.2, 0.25) is 0 Å². The number of aliphatic hydroxyl groups is 1. The van der Waals surface area contributed by atoms with Gasteiger partial charge in [0.2, 0.25) is 0 Å². The quantitative estimate of drug-likeness (QED) is 0.478. The SMILES string of the molecule is COC(c1ccccc1)(c1ccccc1)C(O)(c1ccccc1)c1ccccc1. The number of ether oxygens (including phenoxy) is 1. The summed E-state index contributed by atoms with van der Waals surface area (Å²) < 4.78 is 6.33. The number of rotatable bonds is 6. The van der Waals surface area contributed by atoms with Crippen molar-refractivity contribution in [3.63, 3.8) is 0 Å². The van der Waals surface area contributed by atoms with Gasteiger partial charge in [-0.15, -0.1) is 0 Å². The van der Waals surface area contributed by atoms with Gasteiger partial charge in [-0.1, -0.05) is 121 Å². The topological polar surface area (TPSA) is 29.5 Å². The molecule has 0 amide bonds. The summed E-state index contributed by atoms with van der Waals surface area (Å²) in [5, 5.41) is 12.6. The molecule has 0 atom stereocenters. The van der Waals surface area contributed by atoms with E-state index in [9.17, 15) is 5.11 Å². The predicted molar refractivity (Wildman–Crippen MR) is 117 cm³/mol. The third-order valence-electron chi connectivity index (χ3n) is 5.56. The van der Waals surface area contributed by atoms with Crippen LogP contribution in [0.25, 0.3) is 0 Å². The van der Waals surface area contributed by atoms with E-state index < -0.39 is 11.2 Å². The zero-order chi connectivity index (χ0) is 20.2. The molecule has 29 heavy (non-hydrogen) atoms. The van der Waals surface area contributed by atoms with Gasteiger partial charge >= 0.3 is 0 Å². The van der Waals surface area contributed by atoms with E-state index >= 15 is 0 Å². The van der Waals surface area contributed by atoms with Crippen molar-refractivity contribution in [3.8, 4) is 0 Å². The number of hydrogen-bond donors (Lipinski definition) is 1. The summed E-state index contributed by atoms with van der Waals surface area (Å²) >= 11 is 0. The normalized spacial score (nSPS) is 11.9. The van der Waals surface area contributed by atoms with E-state index in [0.717, 1.165) is 22.3 Å². The fourth-order valence-corrected chi connectivity index (χ4v) is 4.25. The van der Waals surface area contributed by atoms with Crippen LogP contribution in [0, 0.1) is 0 Å². The van der Waals surface area contributed by atoms with Crippen molar-refractivity contribution in [2.45, 2.75) is 11.2 Å². The molecular weight excluding hydrogens is 356 g/mol. The second-order valence-electron chi connectivity index (χ2n) is 7.06. The maximum atomic E-state index is 12.6. The van der Waals surface area contributed by atoms with Crippen LogP contribution in [-0.4, -0.2) is 12.2 Å². The lowest BCUT2D eigenvalue weighted by atomic mass is 9.66. The molecule has 4 aromatic rings. The standard InChI is InChI=1S/C27H24O2/c1-29-27(24-18-10-4-11-19-24,25-20-12-5-13-21-25)26(28,22-14-6-2-7-15-22)23-16-8-3-9-17-23/h2-21,28H,1H3. The highest BCUT2D eigenvalue weighted by Gasteiger charge is 2.55. The number of hydrogen-bond acceptors (Lipinski definition) is 2. The lowest BCUT2D eigenvalue weighted by molar-refractivity contribution is -0.135. The van der Waals surface area contributed by atoms with Crippen molar-refractivity contribution in [2.24, 2.45) is 0 Å². The van der Waals surface area contributed by atoms with Crippen LogP contribution in [-0.2, 0) is 15.9 Å². The van der Waals surface area contributed by atoms with E-state index in [4.69, 9.17) is 4.74 Å². The van der Waals surface area contributed by atoms with Crippen molar-refractivity contribution in [1.82, 2.24) is 0 Å². The van der Waals surface area contributed by atoms with Crippen LogP contribution < -0.4 is 0 Å². The summed E-state index contributed by atoms with van der Waals surface area (Å²) in [6, 6.07) is 39.4. The lowest BCUT2D eigenvalue weighted by Crippen LogP contribution is -2.52. The monoisotopic (exact) mass is 380 g/mol. The second kappa shape index (κ2) is 8.04. The Bertz CT molecular complexity index is 950. The largest absolute Gasteiger partial charge is 0.377 e. The summed E-state index contributed by atoms with van der Waals surface area (Å²) in [7, 11) is 1.66. The molecule has 0 aliphatic carbocycles. The molecule has 4 aromatic carbocycles. The van der Waals surface area contributed by atoms with Gasteiger partial charge in [0.25, 0.3) is 0 Å². The van der Waals surface area contributed by atoms with Crippen molar-refractivity contribution in [1.29, 1.82) is 0 Å². The first-order chi connectivity index (χ1) is 14.2. The van der Waals surface area contributed by atoms with Crippen LogP contribution in [0.3, 0.4) is 0 Å². The van der Waals surface area contributed by atoms with Gasteiger partial charge < -0.3 is 9.84 Å². The highest BCUT2D eigenvalue weighted by Crippen LogP contribution is 2.51. The summed E-state index contributed by atoms with van der Waals surface area (Å²) in [6.45, 7) is 0. The first kappa shape index (κ1) is 19.1. The molecule has 0 aliphatic heterocycles. The number of methoxy groups -OCH3 is 1. The molecule has 0 fully saturated rings. The van der Waals surface area contributed by atoms with Crippen molar-refractivity contribution >= 4 is 0 Å². The summed E-state index contributed by atoms with van der Waals surface area (Å²) in [4.78, 5) is 0. The minimum absolute atomic E-state index is 0.765. The Morgan fingerprint density at radius 2 is 0.759 bits per heavy atom. The molecule has 1 N–H and O–H groups in total. The van der Waals surface area contributed by atoms with Crippen LogP contribution >= 0.6 is 0 Å². The van der Waals surface area contributed by atoms with Gasteiger partial charge in [0.15, 0.2) is 11.2 Å². The molecule has 2 heteroatoms. The second-order valence-corrected chi connectivity index (χ2v) is 7.06. The van der Waals surface area contributed by atoms with Crippen molar-refractivity contribution in [3.05, 3.63) is 144 Å². The highest BCUT2D eigenvalue weighted by molar-refractivity contribution is 5.50. The van der Waals surface area contributed by atoms with Crippen molar-refractivity contribution < 1.29 is 9.84 Å². The third-order valence-corrected chi connectivity index (χ3v) is 5.56. The molecule has 0 heterocycles. The molecule has 0 saturated heterocycles. The Balaban J connectivity index is 2.13. The maximum absolute atomic E-state index is 12.6. The van der Waals surface area contributed by atoms with Gasteiger partial charge in [-0.05, 0) is 22.3 Å². The highest BCUT2D eigenvalue weighted by atomic mass is 16.5. The predicted octanol–water partition coefficient (Wildman–Crippen LogP) is 5.51. The van der Waals surface area contributed by atoms with E-state index in [1.165, 1.54) is 0 Å². The van der Waals surface area contributed by atoms with Gasteiger partial charge in [0.1, 0.15) is 0 Å². The van der Waals surface area contributed by atoms with E-state index in [1.807, 2.05) is 121 Å². The minimum atomic E-state index is -1.47. The molecule has 0 aliphatic rings. The van der Waals surface area contributed by atoms with Gasteiger partial charge in [-0.3, -0.25) is 0 Å². The summed E-state index contributed by atoms with van der Waals surface area (Å²) in [5.74, 6) is 0. The minimum Gasteiger partial charge on any atom is -0.377 e. The lowest BCUT2D eigenvalue weighted by Gasteiger charge is -2.47. The smallest absolute Gasteiger partial charge is 0.155 e. The Kier molecular flexibility index (Phi) is 5.30. The van der Waals surface area contributed by atoms with Gasteiger partial charge in [-0.25, -0.2) is 0 Å². The van der Waals surface area contributed by atoms with Crippen LogP contribution in [0.4, 0.5) is 0 Å². The molecule has 144 valence electrons. The van der Waals surface area contributed by atoms with Gasteiger partial charge in [-0.2, -0.15) is 0 Å². The molecule has 0 aromatic heterocycles. The Morgan fingerprint density at radius 1 is 0.483 bits per heavy atom. The molecule has 0 bridgehead atoms. The van der Waals surface area contributed by atoms with Crippen LogP contribution in [0.15, 0.2) is 121 Å². The molecule has 0 saturated carbocycles. The molecule has 2 nitrogen and oxygen atoms in total. The Morgan fingerprint density at radius 3 is 1.03 bits per heavy atom. The van der Waals surface area contributed by atoms with Gasteiger partial charge in [0.05, 0.1) is 0 Å². The Hall–Kier alpha value is -3.20. The van der Waals surface area contributed by atoms with Crippen molar-refractivity contribution in [2.75, 3.05) is 7.11 Å². The van der Waals surface area contributed by atoms with E-state index in [2.05, 4.69) is 0 Å². The fourth-order valence-electron chi connectivity index (χ4n) is 4.25. The van der Waals surface area contributed by atoms with Crippen LogP contribution in [0.5, 0.6) is 0 Å². The summed E-state index contributed by atoms with van der Waals surface area (Å²) in [6.07, 6.45) is 0. The zero-order valence-electron chi connectivity index (χ0n) is 16.4. The average molecular weight is 380 g/mol. The molecule has 0 radical (unpaired) electrons. The zero-order valence-corrected chi connectivity index (χ0v) is 16.4. The van der Waals surface area contributed by atoms with E-state index in [-0.39, 0.29) is 0 Å². The first-order valence-electron chi connectivity index (χ1n) is 9.73. The fraction of sp³-hybridized carbons (Fsp3) is 0.111. The molecule has 0 spiro atoms. The Labute approximate surface area is 172 Å². The molecule has 4 rings (SSSR count). The first-order valence-corrected chi connectivity index (χ1v) is 9.73.